The lowest BCUT2D eigenvalue weighted by atomic mass is 10.2. The second-order valence-corrected chi connectivity index (χ2v) is 5.76. The summed E-state index contributed by atoms with van der Waals surface area (Å²) < 4.78 is 0. The van der Waals surface area contributed by atoms with Crippen molar-refractivity contribution in [1.29, 1.82) is 0 Å². The molecule has 9 heteroatoms. The predicted octanol–water partition coefficient (Wildman–Crippen LogP) is 2.66. The topological polar surface area (TPSA) is 101 Å². The molecule has 1 heterocycles. The zero-order valence-corrected chi connectivity index (χ0v) is 14.1. The molecule has 0 unspecified atom stereocenters. The fourth-order valence-electron chi connectivity index (χ4n) is 1.93. The van der Waals surface area contributed by atoms with Gasteiger partial charge in [0.05, 0.1) is 16.0 Å². The minimum Gasteiger partial charge on any atom is -0.349 e. The van der Waals surface area contributed by atoms with Gasteiger partial charge in [0.2, 0.25) is 0 Å². The second-order valence-electron chi connectivity index (χ2n) is 4.72. The maximum absolute atomic E-state index is 11.9. The lowest BCUT2D eigenvalue weighted by Crippen LogP contribution is -2.21. The van der Waals surface area contributed by atoms with Crippen molar-refractivity contribution in [3.63, 3.8) is 0 Å². The van der Waals surface area contributed by atoms with Gasteiger partial charge in [-0.05, 0) is 26.0 Å². The highest BCUT2D eigenvalue weighted by Gasteiger charge is 2.09. The molecule has 0 aliphatic rings. The molecule has 0 bridgehead atoms. The molecular weight excluding hydrogens is 330 g/mol. The van der Waals surface area contributed by atoms with Crippen LogP contribution in [0.3, 0.4) is 0 Å². The lowest BCUT2D eigenvalue weighted by molar-refractivity contribution is -0.384. The van der Waals surface area contributed by atoms with Crippen LogP contribution in [0.4, 0.5) is 10.8 Å². The van der Waals surface area contributed by atoms with Crippen molar-refractivity contribution >= 4 is 34.3 Å². The molecule has 1 amide bonds. The maximum atomic E-state index is 11.9. The molecular formula is C15H17N5O3S. The van der Waals surface area contributed by atoms with Crippen LogP contribution in [0.15, 0.2) is 35.6 Å². The van der Waals surface area contributed by atoms with E-state index in [2.05, 4.69) is 34.3 Å². The van der Waals surface area contributed by atoms with Crippen molar-refractivity contribution in [2.45, 2.75) is 13.8 Å². The SMILES string of the molecule is CCN(CC)c1ncc(/C=N\NC(=O)c2ccc([N+](=O)[O-])cc2)s1. The van der Waals surface area contributed by atoms with Crippen LogP contribution in [-0.2, 0) is 0 Å². The van der Waals surface area contributed by atoms with Gasteiger partial charge in [-0.15, -0.1) is 0 Å². The summed E-state index contributed by atoms with van der Waals surface area (Å²) in [6.07, 6.45) is 3.22. The molecule has 0 fully saturated rings. The van der Waals surface area contributed by atoms with Gasteiger partial charge < -0.3 is 4.90 Å². The molecule has 2 rings (SSSR count). The maximum Gasteiger partial charge on any atom is 0.271 e. The Morgan fingerprint density at radius 3 is 2.62 bits per heavy atom. The van der Waals surface area contributed by atoms with Gasteiger partial charge in [-0.2, -0.15) is 5.10 Å². The number of nitrogens with one attached hydrogen (secondary N) is 1. The molecule has 2 aromatic rings. The molecule has 0 aliphatic carbocycles. The number of carbonyl (C=O) groups excluding carboxylic acids is 1. The van der Waals surface area contributed by atoms with Crippen molar-refractivity contribution in [3.8, 4) is 0 Å². The standard InChI is InChI=1S/C15H17N5O3S/c1-3-19(4-2)15-16-9-13(24-15)10-17-18-14(21)11-5-7-12(8-6-11)20(22)23/h5-10H,3-4H2,1-2H3,(H,18,21)/b17-10-. The van der Waals surface area contributed by atoms with Gasteiger partial charge in [0.15, 0.2) is 5.13 Å². The number of carbonyl (C=O) groups is 1. The molecule has 1 N–H and O–H groups in total. The first-order chi connectivity index (χ1) is 11.5. The Hall–Kier alpha value is -2.81. The van der Waals surface area contributed by atoms with Crippen molar-refractivity contribution in [2.24, 2.45) is 5.10 Å². The average molecular weight is 347 g/mol. The van der Waals surface area contributed by atoms with E-state index in [1.807, 2.05) is 0 Å². The van der Waals surface area contributed by atoms with Crippen molar-refractivity contribution in [1.82, 2.24) is 10.4 Å². The van der Waals surface area contributed by atoms with E-state index in [-0.39, 0.29) is 5.69 Å². The van der Waals surface area contributed by atoms with E-state index in [1.54, 1.807) is 6.20 Å². The van der Waals surface area contributed by atoms with Crippen molar-refractivity contribution in [2.75, 3.05) is 18.0 Å². The number of hydrazone groups is 1. The first kappa shape index (κ1) is 17.5. The smallest absolute Gasteiger partial charge is 0.271 e. The molecule has 0 radical (unpaired) electrons. The molecule has 0 spiro atoms. The molecule has 126 valence electrons. The van der Waals surface area contributed by atoms with Gasteiger partial charge in [0.1, 0.15) is 0 Å². The van der Waals surface area contributed by atoms with Crippen molar-refractivity contribution in [3.05, 3.63) is 51.0 Å². The average Bonchev–Trinajstić information content (AvgIpc) is 3.04. The Bertz CT molecular complexity index is 738. The third-order valence-corrected chi connectivity index (χ3v) is 4.24. The zero-order valence-electron chi connectivity index (χ0n) is 13.3. The highest BCUT2D eigenvalue weighted by atomic mass is 32.1. The van der Waals surface area contributed by atoms with E-state index >= 15 is 0 Å². The van der Waals surface area contributed by atoms with E-state index < -0.39 is 10.8 Å². The summed E-state index contributed by atoms with van der Waals surface area (Å²) in [5, 5.41) is 15.4. The molecule has 0 saturated carbocycles. The second kappa shape index (κ2) is 8.16. The summed E-state index contributed by atoms with van der Waals surface area (Å²) in [6.45, 7) is 5.86. The Morgan fingerprint density at radius 2 is 2.04 bits per heavy atom. The van der Waals surface area contributed by atoms with Crippen LogP contribution in [0.1, 0.15) is 29.1 Å². The number of thiazole rings is 1. The van der Waals surface area contributed by atoms with Crippen LogP contribution in [0.25, 0.3) is 0 Å². The van der Waals surface area contributed by atoms with Crippen LogP contribution >= 0.6 is 11.3 Å². The van der Waals surface area contributed by atoms with E-state index in [4.69, 9.17) is 0 Å². The minimum absolute atomic E-state index is 0.0661. The molecule has 8 nitrogen and oxygen atoms in total. The van der Waals surface area contributed by atoms with Gasteiger partial charge in [0, 0.05) is 37.0 Å². The zero-order chi connectivity index (χ0) is 17.5. The van der Waals surface area contributed by atoms with E-state index in [1.165, 1.54) is 41.8 Å². The number of anilines is 1. The third-order valence-electron chi connectivity index (χ3n) is 3.24. The van der Waals surface area contributed by atoms with Gasteiger partial charge >= 0.3 is 0 Å². The van der Waals surface area contributed by atoms with Crippen LogP contribution in [0.5, 0.6) is 0 Å². The molecule has 1 aromatic heterocycles. The summed E-state index contributed by atoms with van der Waals surface area (Å²) in [4.78, 5) is 29.2. The summed E-state index contributed by atoms with van der Waals surface area (Å²) in [5.41, 5.74) is 2.62. The van der Waals surface area contributed by atoms with E-state index in [9.17, 15) is 14.9 Å². The Balaban J connectivity index is 1.96. The predicted molar refractivity (Wildman–Crippen MR) is 93.8 cm³/mol. The largest absolute Gasteiger partial charge is 0.349 e. The van der Waals surface area contributed by atoms with Gasteiger partial charge in [-0.3, -0.25) is 14.9 Å². The molecule has 24 heavy (non-hydrogen) atoms. The summed E-state index contributed by atoms with van der Waals surface area (Å²) in [7, 11) is 0. The summed E-state index contributed by atoms with van der Waals surface area (Å²) in [5.74, 6) is -0.436. The third kappa shape index (κ3) is 4.35. The number of amides is 1. The number of hydrogen-bond donors (Lipinski definition) is 1. The number of benzene rings is 1. The number of nitro benzene ring substituents is 1. The Morgan fingerprint density at radius 1 is 1.38 bits per heavy atom. The van der Waals surface area contributed by atoms with E-state index in [0.29, 0.717) is 5.56 Å². The normalized spacial score (nSPS) is 10.8. The lowest BCUT2D eigenvalue weighted by Gasteiger charge is -2.16. The number of hydrogen-bond acceptors (Lipinski definition) is 7. The number of rotatable bonds is 7. The summed E-state index contributed by atoms with van der Waals surface area (Å²) >= 11 is 1.48. The van der Waals surface area contributed by atoms with Crippen molar-refractivity contribution < 1.29 is 9.72 Å². The van der Waals surface area contributed by atoms with Gasteiger partial charge in [-0.1, -0.05) is 11.3 Å². The number of nitro groups is 1. The monoisotopic (exact) mass is 347 g/mol. The molecule has 0 aliphatic heterocycles. The Labute approximate surface area is 143 Å². The molecule has 0 saturated heterocycles. The van der Waals surface area contributed by atoms with Crippen LogP contribution in [-0.4, -0.2) is 35.1 Å². The van der Waals surface area contributed by atoms with E-state index in [0.717, 1.165) is 23.1 Å². The first-order valence-electron chi connectivity index (χ1n) is 7.33. The highest BCUT2D eigenvalue weighted by Crippen LogP contribution is 2.20. The van der Waals surface area contributed by atoms with Crippen LogP contribution in [0, 0.1) is 10.1 Å². The van der Waals surface area contributed by atoms with Gasteiger partial charge in [0.25, 0.3) is 11.6 Å². The summed E-state index contributed by atoms with van der Waals surface area (Å²) in [6, 6.07) is 5.32. The fourth-order valence-corrected chi connectivity index (χ4v) is 2.84. The fraction of sp³-hybridized carbons (Fsp3) is 0.267. The number of nitrogens with zero attached hydrogens (tertiary/aromatic N) is 4. The molecule has 1 aromatic carbocycles. The number of aromatic nitrogens is 1. The number of non-ortho nitro benzene ring substituents is 1. The first-order valence-corrected chi connectivity index (χ1v) is 8.15. The van der Waals surface area contributed by atoms with Crippen LogP contribution < -0.4 is 10.3 Å². The molecule has 0 atom stereocenters. The quantitative estimate of drug-likeness (QED) is 0.471. The van der Waals surface area contributed by atoms with Gasteiger partial charge in [-0.25, -0.2) is 10.4 Å². The Kier molecular flexibility index (Phi) is 5.96. The van der Waals surface area contributed by atoms with Crippen LogP contribution in [0.2, 0.25) is 0 Å². The highest BCUT2D eigenvalue weighted by molar-refractivity contribution is 7.17. The minimum atomic E-state index is -0.517.